The minimum Gasteiger partial charge on any atom is -0.473 e. The van der Waals surface area contributed by atoms with Gasteiger partial charge in [0.05, 0.1) is 0 Å². The third-order valence-electron chi connectivity index (χ3n) is 1.79. The highest BCUT2D eigenvalue weighted by atomic mass is 32.2. The third kappa shape index (κ3) is 4.02. The maximum Gasteiger partial charge on any atom is 0.369 e. The number of anilines is 1. The second kappa shape index (κ2) is 6.37. The number of nitrogens with one attached hydrogen (secondary N) is 1. The van der Waals surface area contributed by atoms with Crippen LogP contribution in [0.5, 0.6) is 0 Å². The second-order valence-electron chi connectivity index (χ2n) is 2.85. The largest absolute Gasteiger partial charge is 0.473 e. The minimum absolute atomic E-state index is 0.604. The summed E-state index contributed by atoms with van der Waals surface area (Å²) in [4.78, 5) is 11.3. The Bertz CT molecular complexity index is 547. The molecule has 86 valence electrons. The van der Waals surface area contributed by atoms with Crippen molar-refractivity contribution < 1.29 is 9.90 Å². The van der Waals surface area contributed by atoms with Crippen LogP contribution in [0, 0.1) is 23.8 Å². The molecule has 1 aromatic carbocycles. The van der Waals surface area contributed by atoms with Crippen LogP contribution in [-0.2, 0) is 0 Å². The van der Waals surface area contributed by atoms with E-state index in [2.05, 4.69) is 29.1 Å². The number of carboxylic acid groups (broad SMARTS) is 1. The first-order valence-corrected chi connectivity index (χ1v) is 5.43. The molecule has 0 atom stereocenters. The molecule has 1 rings (SSSR count). The first-order valence-electron chi connectivity index (χ1n) is 4.61. The number of rotatable bonds is 2. The van der Waals surface area contributed by atoms with E-state index in [-0.39, 0.29) is 0 Å². The molecule has 0 aliphatic heterocycles. The summed E-state index contributed by atoms with van der Waals surface area (Å²) in [5.74, 6) is 7.74. The van der Waals surface area contributed by atoms with Crippen molar-refractivity contribution >= 4 is 22.8 Å². The summed E-state index contributed by atoms with van der Waals surface area (Å²) in [6.07, 6.45) is 0. The molecule has 0 aromatic heterocycles. The lowest BCUT2D eigenvalue weighted by atomic mass is 10.2. The van der Waals surface area contributed by atoms with Gasteiger partial charge in [0.2, 0.25) is 0 Å². The number of hydrogen-bond acceptors (Lipinski definition) is 4. The van der Waals surface area contributed by atoms with Crippen LogP contribution in [0.25, 0.3) is 0 Å². The van der Waals surface area contributed by atoms with Gasteiger partial charge < -0.3 is 16.2 Å². The highest BCUT2D eigenvalue weighted by Gasteiger charge is 2.07. The van der Waals surface area contributed by atoms with Crippen molar-refractivity contribution in [3.05, 3.63) is 23.8 Å². The summed E-state index contributed by atoms with van der Waals surface area (Å²) >= 11 is 0.729. The molecule has 0 saturated carbocycles. The van der Waals surface area contributed by atoms with Gasteiger partial charge in [-0.1, -0.05) is 5.92 Å². The maximum absolute atomic E-state index is 10.7. The third-order valence-corrected chi connectivity index (χ3v) is 2.52. The zero-order valence-corrected chi connectivity index (χ0v) is 9.89. The van der Waals surface area contributed by atoms with Crippen LogP contribution < -0.4 is 11.1 Å². The molecular formula is C12H10N2O2S. The Morgan fingerprint density at radius 3 is 2.82 bits per heavy atom. The number of carbonyl (C=O) groups is 1. The van der Waals surface area contributed by atoms with E-state index in [9.17, 15) is 4.79 Å². The quantitative estimate of drug-likeness (QED) is 0.421. The minimum atomic E-state index is -0.964. The Kier molecular flexibility index (Phi) is 4.80. The lowest BCUT2D eigenvalue weighted by molar-refractivity contribution is 0.222. The molecule has 0 spiro atoms. The summed E-state index contributed by atoms with van der Waals surface area (Å²) in [6.45, 7) is 0. The van der Waals surface area contributed by atoms with Crippen molar-refractivity contribution in [2.75, 3.05) is 12.4 Å². The average Bonchev–Trinajstić information content (AvgIpc) is 2.29. The highest BCUT2D eigenvalue weighted by Crippen LogP contribution is 2.28. The van der Waals surface area contributed by atoms with E-state index in [1.807, 2.05) is 0 Å². The second-order valence-corrected chi connectivity index (χ2v) is 3.84. The number of hydrogen-bond donors (Lipinski definition) is 3. The molecule has 4 nitrogen and oxygen atoms in total. The van der Waals surface area contributed by atoms with E-state index < -0.39 is 5.30 Å². The molecule has 4 N–H and O–H groups in total. The normalized spacial score (nSPS) is 8.29. The van der Waals surface area contributed by atoms with Crippen molar-refractivity contribution in [3.8, 4) is 23.8 Å². The molecule has 0 unspecified atom stereocenters. The van der Waals surface area contributed by atoms with Gasteiger partial charge in [-0.05, 0) is 35.9 Å². The molecule has 0 saturated heterocycles. The van der Waals surface area contributed by atoms with Gasteiger partial charge in [-0.15, -0.1) is 0 Å². The predicted octanol–water partition coefficient (Wildman–Crippen LogP) is 1.77. The van der Waals surface area contributed by atoms with Crippen molar-refractivity contribution in [2.24, 2.45) is 5.73 Å². The fraction of sp³-hybridized carbons (Fsp3) is 0.0833. The summed E-state index contributed by atoms with van der Waals surface area (Å²) in [6, 6.07) is 7.41. The Labute approximate surface area is 104 Å². The van der Waals surface area contributed by atoms with Crippen LogP contribution in [0.2, 0.25) is 0 Å². The molecule has 0 fully saturated rings. The molecule has 0 bridgehead atoms. The number of thioether (sulfide) groups is 1. The van der Waals surface area contributed by atoms with Crippen molar-refractivity contribution in [1.29, 1.82) is 0 Å². The summed E-state index contributed by atoms with van der Waals surface area (Å²) in [5.41, 5.74) is 6.41. The standard InChI is InChI=1S/C12H10N2O2S/c1-14-10-6-5-9(4-2-3-7-13)8-11(10)17-12(15)16/h5-6,8,14H,13H2,1H3,(H,15,16). The first kappa shape index (κ1) is 12.8. The summed E-state index contributed by atoms with van der Waals surface area (Å²) in [5, 5.41) is 10.7. The van der Waals surface area contributed by atoms with E-state index in [1.165, 1.54) is 0 Å². The molecule has 17 heavy (non-hydrogen) atoms. The van der Waals surface area contributed by atoms with Crippen LogP contribution in [-0.4, -0.2) is 17.5 Å². The Morgan fingerprint density at radius 2 is 2.24 bits per heavy atom. The van der Waals surface area contributed by atoms with Gasteiger partial charge in [-0.3, -0.25) is 0 Å². The lowest BCUT2D eigenvalue weighted by Crippen LogP contribution is -1.93. The molecule has 0 radical (unpaired) electrons. The fourth-order valence-corrected chi connectivity index (χ4v) is 1.78. The topological polar surface area (TPSA) is 75.3 Å². The van der Waals surface area contributed by atoms with Crippen molar-refractivity contribution in [1.82, 2.24) is 0 Å². The van der Waals surface area contributed by atoms with Gasteiger partial charge in [-0.25, -0.2) is 4.79 Å². The van der Waals surface area contributed by atoms with Gasteiger partial charge in [-0.2, -0.15) is 0 Å². The van der Waals surface area contributed by atoms with Crippen LogP contribution in [0.15, 0.2) is 23.1 Å². The molecule has 0 heterocycles. The Morgan fingerprint density at radius 1 is 1.47 bits per heavy atom. The van der Waals surface area contributed by atoms with Gasteiger partial charge >= 0.3 is 5.30 Å². The SMILES string of the molecule is CNc1ccc(C#CC#CN)cc1SC(=O)O. The zero-order valence-electron chi connectivity index (χ0n) is 9.07. The molecule has 0 amide bonds. The van der Waals surface area contributed by atoms with Gasteiger partial charge in [0, 0.05) is 35.2 Å². The van der Waals surface area contributed by atoms with Crippen LogP contribution in [0.1, 0.15) is 5.56 Å². The van der Waals surface area contributed by atoms with Crippen LogP contribution in [0.4, 0.5) is 10.5 Å². The van der Waals surface area contributed by atoms with Gasteiger partial charge in [0.1, 0.15) is 0 Å². The van der Waals surface area contributed by atoms with Gasteiger partial charge in [0.25, 0.3) is 0 Å². The van der Waals surface area contributed by atoms with E-state index in [1.54, 1.807) is 25.2 Å². The van der Waals surface area contributed by atoms with E-state index in [0.29, 0.717) is 10.5 Å². The van der Waals surface area contributed by atoms with Gasteiger partial charge in [0.15, 0.2) is 0 Å². The predicted molar refractivity (Wildman–Crippen MR) is 68.7 cm³/mol. The highest BCUT2D eigenvalue weighted by molar-refractivity contribution is 8.13. The fourth-order valence-electron chi connectivity index (χ4n) is 1.12. The van der Waals surface area contributed by atoms with E-state index in [4.69, 9.17) is 10.8 Å². The summed E-state index contributed by atoms with van der Waals surface area (Å²) in [7, 11) is 1.73. The van der Waals surface area contributed by atoms with E-state index in [0.717, 1.165) is 17.4 Å². The average molecular weight is 246 g/mol. The molecule has 1 aromatic rings. The zero-order chi connectivity index (χ0) is 12.7. The lowest BCUT2D eigenvalue weighted by Gasteiger charge is -2.06. The molecule has 0 aliphatic carbocycles. The van der Waals surface area contributed by atoms with Crippen molar-refractivity contribution in [2.45, 2.75) is 4.90 Å². The van der Waals surface area contributed by atoms with Crippen LogP contribution >= 0.6 is 11.8 Å². The molecular weight excluding hydrogens is 236 g/mol. The molecule has 5 heteroatoms. The van der Waals surface area contributed by atoms with E-state index >= 15 is 0 Å². The van der Waals surface area contributed by atoms with Crippen molar-refractivity contribution in [3.63, 3.8) is 0 Å². The number of benzene rings is 1. The molecule has 0 aliphatic rings. The Balaban J connectivity index is 3.08. The summed E-state index contributed by atoms with van der Waals surface area (Å²) < 4.78 is 0. The Hall–Kier alpha value is -2.24. The monoisotopic (exact) mass is 246 g/mol. The smallest absolute Gasteiger partial charge is 0.369 e. The first-order chi connectivity index (χ1) is 8.17. The number of nitrogens with two attached hydrogens (primary N) is 1. The van der Waals surface area contributed by atoms with Crippen LogP contribution in [0.3, 0.4) is 0 Å². The maximum atomic E-state index is 10.7.